The van der Waals surface area contributed by atoms with Crippen LogP contribution >= 0.6 is 0 Å². The molecule has 1 aliphatic rings. The zero-order valence-corrected chi connectivity index (χ0v) is 13.4. The van der Waals surface area contributed by atoms with E-state index < -0.39 is 0 Å². The number of carbonyl (C=O) groups is 2. The Hall–Kier alpha value is -1.88. The fourth-order valence-electron chi connectivity index (χ4n) is 2.79. The monoisotopic (exact) mass is 303 g/mol. The van der Waals surface area contributed by atoms with Gasteiger partial charge in [0.25, 0.3) is 0 Å². The highest BCUT2D eigenvalue weighted by molar-refractivity contribution is 5.78. The first-order valence-electron chi connectivity index (χ1n) is 7.82. The maximum Gasteiger partial charge on any atom is 0.234 e. The van der Waals surface area contributed by atoms with E-state index in [2.05, 4.69) is 21.6 Å². The van der Waals surface area contributed by atoms with E-state index in [1.54, 1.807) is 0 Å². The van der Waals surface area contributed by atoms with Crippen molar-refractivity contribution in [3.8, 4) is 0 Å². The van der Waals surface area contributed by atoms with Crippen LogP contribution in [0.5, 0.6) is 0 Å². The second-order valence-electron chi connectivity index (χ2n) is 6.09. The van der Waals surface area contributed by atoms with E-state index >= 15 is 0 Å². The van der Waals surface area contributed by atoms with Crippen LogP contribution in [0, 0.1) is 12.8 Å². The minimum Gasteiger partial charge on any atom is -0.356 e. The van der Waals surface area contributed by atoms with Crippen molar-refractivity contribution in [1.82, 2.24) is 15.5 Å². The Morgan fingerprint density at radius 2 is 2.14 bits per heavy atom. The number of hydrogen-bond acceptors (Lipinski definition) is 3. The second-order valence-corrected chi connectivity index (χ2v) is 6.09. The maximum absolute atomic E-state index is 12.0. The van der Waals surface area contributed by atoms with Gasteiger partial charge in [-0.2, -0.15) is 0 Å². The first-order chi connectivity index (χ1) is 10.5. The van der Waals surface area contributed by atoms with E-state index in [1.807, 2.05) is 25.1 Å². The van der Waals surface area contributed by atoms with Gasteiger partial charge in [-0.1, -0.05) is 29.8 Å². The molecular formula is C17H25N3O2. The van der Waals surface area contributed by atoms with E-state index in [0.717, 1.165) is 25.1 Å². The quantitative estimate of drug-likeness (QED) is 0.826. The number of carbonyl (C=O) groups excluding carboxylic acids is 2. The van der Waals surface area contributed by atoms with Gasteiger partial charge >= 0.3 is 0 Å². The standard InChI is InChI=1S/C17H25N3O2/c1-13-4-3-5-15(8-13)9-19-17(22)12-20-7-6-16(11-20)10-18-14(2)21/h3-5,8,16H,6-7,9-12H2,1-2H3,(H,18,21)(H,19,22)/t16-/m1/s1. The van der Waals surface area contributed by atoms with Crippen molar-refractivity contribution in [2.75, 3.05) is 26.2 Å². The number of nitrogens with one attached hydrogen (secondary N) is 2. The van der Waals surface area contributed by atoms with Crippen LogP contribution in [0.4, 0.5) is 0 Å². The van der Waals surface area contributed by atoms with Crippen LogP contribution in [0.25, 0.3) is 0 Å². The first-order valence-corrected chi connectivity index (χ1v) is 7.82. The average molecular weight is 303 g/mol. The van der Waals surface area contributed by atoms with Crippen molar-refractivity contribution in [3.63, 3.8) is 0 Å². The SMILES string of the molecule is CC(=O)NC[C@H]1CCN(CC(=O)NCc2cccc(C)c2)C1. The van der Waals surface area contributed by atoms with Gasteiger partial charge in [-0.05, 0) is 31.4 Å². The molecule has 0 spiro atoms. The molecule has 1 aromatic carbocycles. The fraction of sp³-hybridized carbons (Fsp3) is 0.529. The largest absolute Gasteiger partial charge is 0.356 e. The summed E-state index contributed by atoms with van der Waals surface area (Å²) in [4.78, 5) is 25.1. The molecule has 22 heavy (non-hydrogen) atoms. The number of amides is 2. The van der Waals surface area contributed by atoms with Gasteiger partial charge in [0.2, 0.25) is 11.8 Å². The molecule has 1 atom stereocenters. The Bertz CT molecular complexity index is 530. The highest BCUT2D eigenvalue weighted by atomic mass is 16.2. The minimum atomic E-state index is 0.00866. The zero-order valence-electron chi connectivity index (χ0n) is 13.4. The average Bonchev–Trinajstić information content (AvgIpc) is 2.90. The molecule has 2 amide bonds. The number of hydrogen-bond donors (Lipinski definition) is 2. The van der Waals surface area contributed by atoms with Gasteiger partial charge in [0.15, 0.2) is 0 Å². The summed E-state index contributed by atoms with van der Waals surface area (Å²) in [5.74, 6) is 0.518. The Morgan fingerprint density at radius 1 is 1.32 bits per heavy atom. The summed E-state index contributed by atoms with van der Waals surface area (Å²) in [5, 5.41) is 5.81. The number of rotatable bonds is 6. The van der Waals surface area contributed by atoms with Crippen LogP contribution in [-0.2, 0) is 16.1 Å². The van der Waals surface area contributed by atoms with Gasteiger partial charge in [-0.3, -0.25) is 14.5 Å². The summed E-state index contributed by atoms with van der Waals surface area (Å²) >= 11 is 0. The molecule has 5 nitrogen and oxygen atoms in total. The van der Waals surface area contributed by atoms with Gasteiger partial charge in [-0.15, -0.1) is 0 Å². The van der Waals surface area contributed by atoms with Gasteiger partial charge in [0.05, 0.1) is 6.54 Å². The van der Waals surface area contributed by atoms with Crippen LogP contribution in [0.2, 0.25) is 0 Å². The molecule has 5 heteroatoms. The molecule has 1 saturated heterocycles. The lowest BCUT2D eigenvalue weighted by molar-refractivity contribution is -0.122. The van der Waals surface area contributed by atoms with Crippen molar-refractivity contribution in [3.05, 3.63) is 35.4 Å². The van der Waals surface area contributed by atoms with Gasteiger partial charge in [0, 0.05) is 26.6 Å². The summed E-state index contributed by atoms with van der Waals surface area (Å²) in [6.45, 7) is 7.08. The van der Waals surface area contributed by atoms with Crippen LogP contribution in [0.1, 0.15) is 24.5 Å². The first kappa shape index (κ1) is 16.5. The topological polar surface area (TPSA) is 61.4 Å². The Morgan fingerprint density at radius 3 is 2.86 bits per heavy atom. The third kappa shape index (κ3) is 5.48. The molecule has 0 aromatic heterocycles. The molecule has 1 fully saturated rings. The van der Waals surface area contributed by atoms with E-state index in [-0.39, 0.29) is 11.8 Å². The van der Waals surface area contributed by atoms with E-state index in [1.165, 1.54) is 12.5 Å². The van der Waals surface area contributed by atoms with E-state index in [9.17, 15) is 9.59 Å². The van der Waals surface area contributed by atoms with Crippen molar-refractivity contribution in [2.24, 2.45) is 5.92 Å². The Balaban J connectivity index is 1.68. The third-order valence-electron chi connectivity index (χ3n) is 3.95. The normalized spacial score (nSPS) is 18.2. The van der Waals surface area contributed by atoms with Crippen LogP contribution in [-0.4, -0.2) is 42.9 Å². The molecule has 0 unspecified atom stereocenters. The van der Waals surface area contributed by atoms with Crippen LogP contribution in [0.3, 0.4) is 0 Å². The van der Waals surface area contributed by atoms with Crippen molar-refractivity contribution < 1.29 is 9.59 Å². The lowest BCUT2D eigenvalue weighted by Crippen LogP contribution is -2.36. The lowest BCUT2D eigenvalue weighted by atomic mass is 10.1. The predicted octanol–water partition coefficient (Wildman–Crippen LogP) is 1.07. The molecule has 120 valence electrons. The number of nitrogens with zero attached hydrogens (tertiary/aromatic N) is 1. The van der Waals surface area contributed by atoms with Crippen molar-refractivity contribution in [1.29, 1.82) is 0 Å². The summed E-state index contributed by atoms with van der Waals surface area (Å²) in [7, 11) is 0. The number of likely N-dealkylation sites (tertiary alicyclic amines) is 1. The van der Waals surface area contributed by atoms with Gasteiger partial charge in [0.1, 0.15) is 0 Å². The Labute approximate surface area is 132 Å². The van der Waals surface area contributed by atoms with Gasteiger partial charge < -0.3 is 10.6 Å². The summed E-state index contributed by atoms with van der Waals surface area (Å²) in [6.07, 6.45) is 1.03. The lowest BCUT2D eigenvalue weighted by Gasteiger charge is -2.16. The highest BCUT2D eigenvalue weighted by Crippen LogP contribution is 2.14. The fourth-order valence-corrected chi connectivity index (χ4v) is 2.79. The van der Waals surface area contributed by atoms with Crippen LogP contribution in [0.15, 0.2) is 24.3 Å². The predicted molar refractivity (Wildman–Crippen MR) is 86.3 cm³/mol. The summed E-state index contributed by atoms with van der Waals surface area (Å²) in [6, 6.07) is 8.15. The van der Waals surface area contributed by atoms with E-state index in [4.69, 9.17) is 0 Å². The molecule has 1 heterocycles. The van der Waals surface area contributed by atoms with Crippen molar-refractivity contribution in [2.45, 2.75) is 26.8 Å². The van der Waals surface area contributed by atoms with Gasteiger partial charge in [-0.25, -0.2) is 0 Å². The summed E-state index contributed by atoms with van der Waals surface area (Å²) < 4.78 is 0. The maximum atomic E-state index is 12.0. The molecule has 2 N–H and O–H groups in total. The number of benzene rings is 1. The molecule has 1 aromatic rings. The summed E-state index contributed by atoms with van der Waals surface area (Å²) in [5.41, 5.74) is 2.32. The minimum absolute atomic E-state index is 0.00866. The van der Waals surface area contributed by atoms with Crippen molar-refractivity contribution >= 4 is 11.8 Å². The zero-order chi connectivity index (χ0) is 15.9. The molecule has 0 aliphatic carbocycles. The third-order valence-corrected chi connectivity index (χ3v) is 3.95. The second kappa shape index (κ2) is 7.94. The van der Waals surface area contributed by atoms with Crippen LogP contribution < -0.4 is 10.6 Å². The molecule has 0 radical (unpaired) electrons. The molecule has 0 bridgehead atoms. The molecular weight excluding hydrogens is 278 g/mol. The highest BCUT2D eigenvalue weighted by Gasteiger charge is 2.23. The Kier molecular flexibility index (Phi) is 5.95. The molecule has 2 rings (SSSR count). The number of aryl methyl sites for hydroxylation is 1. The van der Waals surface area contributed by atoms with E-state index in [0.29, 0.717) is 25.6 Å². The smallest absolute Gasteiger partial charge is 0.234 e. The molecule has 1 aliphatic heterocycles. The molecule has 0 saturated carbocycles.